The molecule has 1 unspecified atom stereocenters. The second-order valence-corrected chi connectivity index (χ2v) is 13.4. The first kappa shape index (κ1) is 36.1. The second-order valence-electron chi connectivity index (χ2n) is 13.4. The maximum atomic E-state index is 14.0. The van der Waals surface area contributed by atoms with Crippen LogP contribution in [0.3, 0.4) is 0 Å². The van der Waals surface area contributed by atoms with E-state index in [-0.39, 0.29) is 34.5 Å². The maximum absolute atomic E-state index is 14.0. The second kappa shape index (κ2) is 16.1. The van der Waals surface area contributed by atoms with Crippen molar-refractivity contribution in [2.45, 2.75) is 51.5 Å². The fraction of sp³-hybridized carbons (Fsp3) is 0.450. The minimum absolute atomic E-state index is 0.0788. The molecule has 2 aliphatic heterocycles. The fourth-order valence-electron chi connectivity index (χ4n) is 7.65. The van der Waals surface area contributed by atoms with Gasteiger partial charge in [0.25, 0.3) is 5.91 Å². The number of carbonyl (C=O) groups is 3. The van der Waals surface area contributed by atoms with Gasteiger partial charge in [0.05, 0.1) is 31.9 Å². The Morgan fingerprint density at radius 2 is 1.63 bits per heavy atom. The highest BCUT2D eigenvalue weighted by atomic mass is 16.6. The molecule has 0 aliphatic carbocycles. The Balaban J connectivity index is 1.13. The number of ketones is 1. The van der Waals surface area contributed by atoms with Crippen LogP contribution in [0.25, 0.3) is 11.0 Å². The van der Waals surface area contributed by atoms with Gasteiger partial charge in [-0.2, -0.15) is 0 Å². The SMILES string of the molecule is CCOCCn1c(C(=O)C2CCN(CCC3(c4ccccc4)CCN(C(=O)c4cc(OC)c(OC)c(OC(C)=O)c4)C3)CC2)nc2ccccc21. The van der Waals surface area contributed by atoms with Crippen molar-refractivity contribution in [3.63, 3.8) is 0 Å². The Labute approximate surface area is 299 Å². The van der Waals surface area contributed by atoms with Gasteiger partial charge in [-0.05, 0) is 82.1 Å². The number of methoxy groups -OCH3 is 2. The highest BCUT2D eigenvalue weighted by Crippen LogP contribution is 2.42. The van der Waals surface area contributed by atoms with Crippen LogP contribution in [0.4, 0.5) is 0 Å². The molecular weight excluding hydrogens is 648 g/mol. The highest BCUT2D eigenvalue weighted by molar-refractivity contribution is 5.98. The van der Waals surface area contributed by atoms with Crippen molar-refractivity contribution in [2.75, 3.05) is 60.2 Å². The van der Waals surface area contributed by atoms with E-state index in [1.54, 1.807) is 12.1 Å². The fourth-order valence-corrected chi connectivity index (χ4v) is 7.65. The molecule has 2 saturated heterocycles. The molecule has 3 aromatic carbocycles. The zero-order valence-corrected chi connectivity index (χ0v) is 30.1. The lowest BCUT2D eigenvalue weighted by molar-refractivity contribution is -0.132. The summed E-state index contributed by atoms with van der Waals surface area (Å²) in [4.78, 5) is 48.8. The molecule has 0 N–H and O–H groups in total. The number of carbonyl (C=O) groups excluding carboxylic acids is 3. The third-order valence-corrected chi connectivity index (χ3v) is 10.4. The van der Waals surface area contributed by atoms with Crippen molar-refractivity contribution in [1.82, 2.24) is 19.4 Å². The maximum Gasteiger partial charge on any atom is 0.308 e. The van der Waals surface area contributed by atoms with Gasteiger partial charge >= 0.3 is 5.97 Å². The summed E-state index contributed by atoms with van der Waals surface area (Å²) in [5.41, 5.74) is 3.14. The number of ether oxygens (including phenoxy) is 4. The van der Waals surface area contributed by atoms with E-state index in [4.69, 9.17) is 23.9 Å². The molecule has 1 aromatic heterocycles. The minimum Gasteiger partial charge on any atom is -0.493 e. The quantitative estimate of drug-likeness (QED) is 0.0701. The van der Waals surface area contributed by atoms with Gasteiger partial charge in [-0.3, -0.25) is 14.4 Å². The van der Waals surface area contributed by atoms with E-state index in [9.17, 15) is 14.4 Å². The highest BCUT2D eigenvalue weighted by Gasteiger charge is 2.42. The Kier molecular flexibility index (Phi) is 11.4. The van der Waals surface area contributed by atoms with Crippen molar-refractivity contribution < 1.29 is 33.3 Å². The first-order chi connectivity index (χ1) is 24.8. The molecule has 4 aromatic rings. The van der Waals surface area contributed by atoms with Crippen LogP contribution >= 0.6 is 0 Å². The van der Waals surface area contributed by atoms with Crippen LogP contribution in [-0.2, 0) is 21.5 Å². The normalized spacial score (nSPS) is 18.2. The van der Waals surface area contributed by atoms with Gasteiger partial charge in [-0.25, -0.2) is 4.98 Å². The van der Waals surface area contributed by atoms with Crippen LogP contribution in [0.1, 0.15) is 66.1 Å². The number of benzene rings is 3. The summed E-state index contributed by atoms with van der Waals surface area (Å²) in [7, 11) is 2.95. The predicted molar refractivity (Wildman–Crippen MR) is 194 cm³/mol. The summed E-state index contributed by atoms with van der Waals surface area (Å²) < 4.78 is 23.9. The lowest BCUT2D eigenvalue weighted by atomic mass is 9.76. The number of imidazole rings is 1. The molecule has 51 heavy (non-hydrogen) atoms. The Hall–Kier alpha value is -4.74. The van der Waals surface area contributed by atoms with Crippen molar-refractivity contribution >= 4 is 28.7 Å². The van der Waals surface area contributed by atoms with E-state index in [0.29, 0.717) is 50.0 Å². The molecular formula is C40H48N4O7. The van der Waals surface area contributed by atoms with Gasteiger partial charge in [0.15, 0.2) is 17.3 Å². The summed E-state index contributed by atoms with van der Waals surface area (Å²) in [6.45, 7) is 8.69. The van der Waals surface area contributed by atoms with Gasteiger partial charge in [0.2, 0.25) is 11.5 Å². The summed E-state index contributed by atoms with van der Waals surface area (Å²) in [6, 6.07) is 21.5. The van der Waals surface area contributed by atoms with Gasteiger partial charge in [0.1, 0.15) is 0 Å². The zero-order chi connectivity index (χ0) is 36.0. The number of rotatable bonds is 14. The van der Waals surface area contributed by atoms with Crippen LogP contribution in [0, 0.1) is 5.92 Å². The average Bonchev–Trinajstić information content (AvgIpc) is 3.76. The number of likely N-dealkylation sites (tertiary alicyclic amines) is 2. The third kappa shape index (κ3) is 7.79. The summed E-state index contributed by atoms with van der Waals surface area (Å²) in [5, 5.41) is 0. The number of amides is 1. The molecule has 1 atom stereocenters. The molecule has 0 saturated carbocycles. The summed E-state index contributed by atoms with van der Waals surface area (Å²) in [5.74, 6) is 0.606. The number of hydrogen-bond donors (Lipinski definition) is 0. The number of aromatic nitrogens is 2. The number of para-hydroxylation sites is 2. The topological polar surface area (TPSA) is 112 Å². The number of piperidine rings is 1. The first-order valence-electron chi connectivity index (χ1n) is 17.9. The van der Waals surface area contributed by atoms with Crippen LogP contribution in [0.5, 0.6) is 17.2 Å². The van der Waals surface area contributed by atoms with Crippen molar-refractivity contribution in [3.05, 3.63) is 83.7 Å². The van der Waals surface area contributed by atoms with Crippen LogP contribution < -0.4 is 14.2 Å². The van der Waals surface area contributed by atoms with E-state index in [1.165, 1.54) is 26.7 Å². The van der Waals surface area contributed by atoms with Gasteiger partial charge < -0.3 is 33.3 Å². The lowest BCUT2D eigenvalue weighted by Crippen LogP contribution is -2.41. The van der Waals surface area contributed by atoms with Crippen molar-refractivity contribution in [2.24, 2.45) is 5.92 Å². The molecule has 2 fully saturated rings. The van der Waals surface area contributed by atoms with Crippen LogP contribution in [-0.4, -0.2) is 97.2 Å². The van der Waals surface area contributed by atoms with Crippen molar-refractivity contribution in [1.29, 1.82) is 0 Å². The Morgan fingerprint density at radius 3 is 2.33 bits per heavy atom. The average molecular weight is 697 g/mol. The molecule has 270 valence electrons. The first-order valence-corrected chi connectivity index (χ1v) is 17.9. The monoisotopic (exact) mass is 696 g/mol. The summed E-state index contributed by atoms with van der Waals surface area (Å²) in [6.07, 6.45) is 3.25. The van der Waals surface area contributed by atoms with Gasteiger partial charge in [-0.1, -0.05) is 42.5 Å². The van der Waals surface area contributed by atoms with Gasteiger partial charge in [0, 0.05) is 50.1 Å². The minimum atomic E-state index is -0.519. The number of hydrogen-bond acceptors (Lipinski definition) is 9. The van der Waals surface area contributed by atoms with Gasteiger partial charge in [-0.15, -0.1) is 0 Å². The predicted octanol–water partition coefficient (Wildman–Crippen LogP) is 5.78. The molecule has 0 radical (unpaired) electrons. The molecule has 2 aliphatic rings. The molecule has 11 heteroatoms. The number of esters is 1. The number of fused-ring (bicyclic) bond motifs is 1. The molecule has 11 nitrogen and oxygen atoms in total. The van der Waals surface area contributed by atoms with Crippen LogP contribution in [0.15, 0.2) is 66.7 Å². The third-order valence-electron chi connectivity index (χ3n) is 10.4. The van der Waals surface area contributed by atoms with E-state index in [2.05, 4.69) is 29.2 Å². The van der Waals surface area contributed by atoms with E-state index in [0.717, 1.165) is 56.4 Å². The molecule has 0 spiro atoms. The number of nitrogens with zero attached hydrogens (tertiary/aromatic N) is 4. The standard InChI is InChI=1S/C40H48N4O7/c1-5-50-24-23-44-33-14-10-9-13-32(33)41-38(44)36(46)29-15-19-42(20-16-29)21-17-40(31-11-7-6-8-12-31)18-22-43(27-40)39(47)30-25-34(48-3)37(49-4)35(26-30)51-28(2)45/h6-14,25-26,29H,5,15-24,27H2,1-4H3. The largest absolute Gasteiger partial charge is 0.493 e. The zero-order valence-electron chi connectivity index (χ0n) is 30.1. The van der Waals surface area contributed by atoms with E-state index in [1.807, 2.05) is 46.7 Å². The summed E-state index contributed by atoms with van der Waals surface area (Å²) >= 11 is 0. The Morgan fingerprint density at radius 1 is 0.902 bits per heavy atom. The Bertz CT molecular complexity index is 1850. The smallest absolute Gasteiger partial charge is 0.308 e. The van der Waals surface area contributed by atoms with Crippen LogP contribution in [0.2, 0.25) is 0 Å². The van der Waals surface area contributed by atoms with Crippen molar-refractivity contribution in [3.8, 4) is 17.2 Å². The lowest BCUT2D eigenvalue weighted by Gasteiger charge is -2.36. The molecule has 3 heterocycles. The van der Waals surface area contributed by atoms with E-state index < -0.39 is 5.97 Å². The molecule has 1 amide bonds. The molecule has 0 bridgehead atoms. The molecule has 6 rings (SSSR count). The van der Waals surface area contributed by atoms with E-state index >= 15 is 0 Å². The number of Topliss-reactive ketones (excluding diaryl/α,β-unsaturated/α-hetero) is 1.